The lowest BCUT2D eigenvalue weighted by Crippen LogP contribution is -2.64. The Labute approximate surface area is 192 Å². The maximum absolute atomic E-state index is 10.6. The van der Waals surface area contributed by atoms with Gasteiger partial charge in [-0.25, -0.2) is 0 Å². The molecule has 14 atom stereocenters. The van der Waals surface area contributed by atoms with E-state index in [0.717, 1.165) is 0 Å². The normalized spacial score (nSPS) is 52.1. The first-order chi connectivity index (χ1) is 16.0. The first-order valence-electron chi connectivity index (χ1n) is 10.6. The van der Waals surface area contributed by atoms with Gasteiger partial charge in [-0.15, -0.1) is 0 Å². The van der Waals surface area contributed by atoms with Gasteiger partial charge < -0.3 is 79.9 Å². The molecule has 16 heteroatoms. The van der Waals surface area contributed by atoms with Gasteiger partial charge in [-0.2, -0.15) is 0 Å². The molecule has 3 heterocycles. The molecule has 0 aliphatic carbocycles. The average molecular weight is 504 g/mol. The predicted molar refractivity (Wildman–Crippen MR) is 101 cm³/mol. The van der Waals surface area contributed by atoms with E-state index in [1.165, 1.54) is 0 Å². The van der Waals surface area contributed by atoms with Crippen LogP contribution in [0.3, 0.4) is 0 Å². The third-order valence-corrected chi connectivity index (χ3v) is 6.17. The maximum atomic E-state index is 10.6. The van der Waals surface area contributed by atoms with E-state index in [-0.39, 0.29) is 0 Å². The minimum Gasteiger partial charge on any atom is -0.394 e. The van der Waals surface area contributed by atoms with Crippen LogP contribution in [0.1, 0.15) is 0 Å². The summed E-state index contributed by atoms with van der Waals surface area (Å²) in [4.78, 5) is 0. The van der Waals surface area contributed by atoms with Crippen molar-refractivity contribution >= 4 is 0 Å². The molecule has 0 radical (unpaired) electrons. The molecular weight excluding hydrogens is 472 g/mol. The molecule has 34 heavy (non-hydrogen) atoms. The van der Waals surface area contributed by atoms with Crippen molar-refractivity contribution in [1.29, 1.82) is 0 Å². The summed E-state index contributed by atoms with van der Waals surface area (Å²) in [5, 5.41) is 109. The largest absolute Gasteiger partial charge is 0.394 e. The van der Waals surface area contributed by atoms with Gasteiger partial charge in [0, 0.05) is 0 Å². The molecule has 3 fully saturated rings. The van der Waals surface area contributed by atoms with Gasteiger partial charge in [-0.3, -0.25) is 0 Å². The van der Waals surface area contributed by atoms with Crippen LogP contribution in [0, 0.1) is 0 Å². The second-order valence-corrected chi connectivity index (χ2v) is 8.37. The van der Waals surface area contributed by atoms with Crippen LogP contribution in [0.25, 0.3) is 0 Å². The van der Waals surface area contributed by atoms with Crippen LogP contribution in [0.2, 0.25) is 0 Å². The average Bonchev–Trinajstić information content (AvgIpc) is 3.10. The standard InChI is InChI=1S/C18H32O16/c19-1-5-8(23)11(26)13(28)16(30-5)32-15-10(25)7(3-21)33-18(15,4-22)34-17-14(29)12(27)9(24)6(2-20)31-17/h5-17,19-29H,1-4H2/t5?,6?,7-,8-,9-,10+,11-,12-,13+,14+,15-,16-,17+,18+/m1/s1. The summed E-state index contributed by atoms with van der Waals surface area (Å²) in [6, 6.07) is 0. The number of ether oxygens (including phenoxy) is 5. The Kier molecular flexibility index (Phi) is 9.18. The zero-order chi connectivity index (χ0) is 25.4. The third-order valence-electron chi connectivity index (χ3n) is 6.17. The Morgan fingerprint density at radius 2 is 1.03 bits per heavy atom. The molecule has 0 aromatic carbocycles. The van der Waals surface area contributed by atoms with Crippen molar-refractivity contribution in [2.24, 2.45) is 0 Å². The zero-order valence-electron chi connectivity index (χ0n) is 17.8. The van der Waals surface area contributed by atoms with Crippen molar-refractivity contribution < 1.29 is 79.9 Å². The van der Waals surface area contributed by atoms with Gasteiger partial charge in [0.05, 0.1) is 19.8 Å². The SMILES string of the molecule is OCC1O[C@H](O[C@@H]2[C@@H](O)[C@@H](CO)O[C@@]2(CO)O[C@@H]2OC(CO)[C@@H](O)[C@@H](O)[C@@H]2O)[C@@H](O)[C@H](O)[C@@H]1O. The highest BCUT2D eigenvalue weighted by molar-refractivity contribution is 5.01. The number of hydrogen-bond donors (Lipinski definition) is 11. The molecule has 2 unspecified atom stereocenters. The fourth-order valence-electron chi connectivity index (χ4n) is 4.12. The summed E-state index contributed by atoms with van der Waals surface area (Å²) in [5.41, 5.74) is 0. The summed E-state index contributed by atoms with van der Waals surface area (Å²) < 4.78 is 27.0. The molecule has 3 aliphatic heterocycles. The first-order valence-corrected chi connectivity index (χ1v) is 10.6. The minimum absolute atomic E-state index is 0.777. The summed E-state index contributed by atoms with van der Waals surface area (Å²) >= 11 is 0. The van der Waals surface area contributed by atoms with E-state index < -0.39 is 112 Å². The van der Waals surface area contributed by atoms with Crippen LogP contribution in [0.15, 0.2) is 0 Å². The molecule has 11 N–H and O–H groups in total. The number of aliphatic hydroxyl groups is 11. The van der Waals surface area contributed by atoms with Gasteiger partial charge in [0.1, 0.15) is 73.8 Å². The minimum atomic E-state index is -2.43. The molecule has 0 spiro atoms. The summed E-state index contributed by atoms with van der Waals surface area (Å²) in [6.45, 7) is -3.49. The number of rotatable bonds is 8. The van der Waals surface area contributed by atoms with Gasteiger partial charge >= 0.3 is 0 Å². The van der Waals surface area contributed by atoms with E-state index in [2.05, 4.69) is 0 Å². The van der Waals surface area contributed by atoms with Gasteiger partial charge in [-0.05, 0) is 0 Å². The zero-order valence-corrected chi connectivity index (χ0v) is 17.8. The predicted octanol–water partition coefficient (Wildman–Crippen LogP) is -7.57. The monoisotopic (exact) mass is 504 g/mol. The van der Waals surface area contributed by atoms with Crippen LogP contribution in [-0.2, 0) is 23.7 Å². The molecule has 3 rings (SSSR count). The highest BCUT2D eigenvalue weighted by Gasteiger charge is 2.61. The quantitative estimate of drug-likeness (QED) is 0.146. The fraction of sp³-hybridized carbons (Fsp3) is 1.00. The van der Waals surface area contributed by atoms with Crippen LogP contribution in [0.4, 0.5) is 0 Å². The summed E-state index contributed by atoms with van der Waals surface area (Å²) in [6.07, 6.45) is -22.3. The molecule has 3 aliphatic rings. The van der Waals surface area contributed by atoms with Gasteiger partial charge in [0.25, 0.3) is 0 Å². The van der Waals surface area contributed by atoms with Crippen LogP contribution < -0.4 is 0 Å². The van der Waals surface area contributed by atoms with E-state index in [1.54, 1.807) is 0 Å². The molecule has 0 saturated carbocycles. The Morgan fingerprint density at radius 1 is 0.559 bits per heavy atom. The molecule has 0 bridgehead atoms. The summed E-state index contributed by atoms with van der Waals surface area (Å²) in [5.74, 6) is -2.43. The lowest BCUT2D eigenvalue weighted by molar-refractivity contribution is -0.400. The van der Waals surface area contributed by atoms with E-state index in [9.17, 15) is 56.2 Å². The molecule has 200 valence electrons. The number of hydrogen-bond acceptors (Lipinski definition) is 16. The maximum Gasteiger partial charge on any atom is 0.224 e. The Morgan fingerprint density at radius 3 is 1.50 bits per heavy atom. The van der Waals surface area contributed by atoms with E-state index >= 15 is 0 Å². The Bertz CT molecular complexity index is 651. The second kappa shape index (κ2) is 11.2. The van der Waals surface area contributed by atoms with Crippen molar-refractivity contribution in [3.8, 4) is 0 Å². The van der Waals surface area contributed by atoms with Crippen LogP contribution >= 0.6 is 0 Å². The van der Waals surface area contributed by atoms with Crippen molar-refractivity contribution in [2.45, 2.75) is 85.5 Å². The lowest BCUT2D eigenvalue weighted by atomic mass is 9.98. The lowest BCUT2D eigenvalue weighted by Gasteiger charge is -2.45. The van der Waals surface area contributed by atoms with E-state index in [0.29, 0.717) is 0 Å². The molecule has 16 nitrogen and oxygen atoms in total. The molecule has 3 saturated heterocycles. The smallest absolute Gasteiger partial charge is 0.224 e. The summed E-state index contributed by atoms with van der Waals surface area (Å²) in [7, 11) is 0. The molecule has 0 aromatic rings. The van der Waals surface area contributed by atoms with Crippen molar-refractivity contribution in [2.75, 3.05) is 26.4 Å². The highest BCUT2D eigenvalue weighted by Crippen LogP contribution is 2.39. The number of aliphatic hydroxyl groups excluding tert-OH is 11. The molecular formula is C18H32O16. The van der Waals surface area contributed by atoms with Gasteiger partial charge in [-0.1, -0.05) is 0 Å². The van der Waals surface area contributed by atoms with Crippen LogP contribution in [-0.4, -0.2) is 168 Å². The third kappa shape index (κ3) is 4.96. The van der Waals surface area contributed by atoms with Crippen LogP contribution in [0.5, 0.6) is 0 Å². The Balaban J connectivity index is 1.87. The van der Waals surface area contributed by atoms with Gasteiger partial charge in [0.15, 0.2) is 12.6 Å². The van der Waals surface area contributed by atoms with Gasteiger partial charge in [0.2, 0.25) is 5.79 Å². The van der Waals surface area contributed by atoms with Crippen molar-refractivity contribution in [1.82, 2.24) is 0 Å². The Hall–Kier alpha value is -0.640. The van der Waals surface area contributed by atoms with E-state index in [4.69, 9.17) is 23.7 Å². The molecule has 0 amide bonds. The topological polar surface area (TPSA) is 269 Å². The molecule has 0 aromatic heterocycles. The van der Waals surface area contributed by atoms with Crippen molar-refractivity contribution in [3.05, 3.63) is 0 Å². The highest BCUT2D eigenvalue weighted by atomic mass is 16.8. The fourth-order valence-corrected chi connectivity index (χ4v) is 4.12. The first kappa shape index (κ1) is 27.9. The van der Waals surface area contributed by atoms with E-state index in [1.807, 2.05) is 0 Å². The second-order valence-electron chi connectivity index (χ2n) is 8.37. The van der Waals surface area contributed by atoms with Crippen molar-refractivity contribution in [3.63, 3.8) is 0 Å².